The molecule has 26 N–H and O–H groups in total. The highest BCUT2D eigenvalue weighted by Crippen LogP contribution is 2.09. The van der Waals surface area contributed by atoms with E-state index in [1.165, 1.54) is 6.92 Å². The number of hydrogen-bond acceptors (Lipinski definition) is 14. The molecule has 0 heterocycles. The Morgan fingerprint density at radius 3 is 1.14 bits per heavy atom. The molecule has 0 saturated heterocycles. The molecule has 6 amide bonds. The maximum Gasteiger partial charge on any atom is 0.326 e. The van der Waals surface area contributed by atoms with Crippen molar-refractivity contribution in [3.05, 3.63) is 0 Å². The molecule has 0 fully saturated rings. The summed E-state index contributed by atoms with van der Waals surface area (Å²) in [6, 6.07) is -9.05. The summed E-state index contributed by atoms with van der Waals surface area (Å²) in [5.74, 6) is -8.15. The van der Waals surface area contributed by atoms with Crippen molar-refractivity contribution in [2.75, 3.05) is 32.7 Å². The highest BCUT2D eigenvalue weighted by molar-refractivity contribution is 5.97. The highest BCUT2D eigenvalue weighted by atomic mass is 16.4. The molecule has 0 aromatic carbocycles. The van der Waals surface area contributed by atoms with Crippen LogP contribution in [0.25, 0.3) is 0 Å². The van der Waals surface area contributed by atoms with Gasteiger partial charge >= 0.3 is 11.9 Å². The minimum absolute atomic E-state index is 0.00250. The van der Waals surface area contributed by atoms with Gasteiger partial charge in [-0.05, 0) is 103 Å². The third-order valence-corrected chi connectivity index (χ3v) is 9.63. The molecule has 0 unspecified atom stereocenters. The summed E-state index contributed by atoms with van der Waals surface area (Å²) < 4.78 is 0. The normalized spacial score (nSPS) is 13.9. The number of carboxylic acid groups (broad SMARTS) is 2. The molecule has 7 atom stereocenters. The third-order valence-electron chi connectivity index (χ3n) is 9.63. The molecule has 0 radical (unpaired) electrons. The first-order valence-corrected chi connectivity index (χ1v) is 21.7. The van der Waals surface area contributed by atoms with E-state index in [-0.39, 0.29) is 89.0 Å². The average Bonchev–Trinajstić information content (AvgIpc) is 3.24. The number of carbonyl (C=O) groups is 8. The standard InChI is InChI=1S/C38H74N18O10/c1-21(29(59)52-26(13-8-20-50-38(46)47)33(63)54-24(11-3-5-17-40)34(64)56-27(35(65)66)14-15-28(57)58)51-31(61)25(12-7-19-49-37(44)45)55-32(62)23(10-2-4-16-39)53-30(60)22(41)9-6-18-48-36(42)43/h21-27H,2-20,39-41H2,1H3,(H,51,61)(H,52,59)(H,53,60)(H,54,63)(H,55,62)(H,56,64)(H,57,58)(H,65,66)(H4,42,43,48)(H4,44,45,49)(H4,46,47,50)/t21-,22+,23+,24-,25+,26-,27-/m0/s1. The SMILES string of the molecule is C[C@H](NC(=O)[C@@H](CCCN=C(N)N)NC(=O)[C@@H](CCCCN)NC(=O)[C@H](N)CCCN=C(N)N)C(=O)N[C@@H](CCCN=C(N)N)C(=O)N[C@@H](CCCCN)C(=O)N[C@@H](CCC(=O)O)C(=O)O. The minimum atomic E-state index is -1.58. The van der Waals surface area contributed by atoms with Gasteiger partial charge in [-0.2, -0.15) is 0 Å². The first-order valence-electron chi connectivity index (χ1n) is 21.7. The topological polar surface area (TPSA) is 520 Å². The molecule has 28 heteroatoms. The van der Waals surface area contributed by atoms with Gasteiger partial charge in [0.1, 0.15) is 36.3 Å². The number of amides is 6. The van der Waals surface area contributed by atoms with Crippen LogP contribution in [0.4, 0.5) is 0 Å². The molecule has 0 bridgehead atoms. The van der Waals surface area contributed by atoms with Crippen LogP contribution >= 0.6 is 0 Å². The molecular weight excluding hydrogens is 869 g/mol. The van der Waals surface area contributed by atoms with Crippen LogP contribution in [-0.2, 0) is 38.4 Å². The fourth-order valence-electron chi connectivity index (χ4n) is 6.02. The van der Waals surface area contributed by atoms with E-state index in [1.807, 2.05) is 0 Å². The van der Waals surface area contributed by atoms with E-state index >= 15 is 0 Å². The third kappa shape index (κ3) is 27.6. The van der Waals surface area contributed by atoms with Crippen LogP contribution in [-0.4, -0.2) is 150 Å². The predicted octanol–water partition coefficient (Wildman–Crippen LogP) is -6.39. The number of nitrogens with one attached hydrogen (secondary N) is 6. The van der Waals surface area contributed by atoms with Crippen LogP contribution in [0, 0.1) is 0 Å². The quantitative estimate of drug-likeness (QED) is 0.0158. The number of carbonyl (C=O) groups excluding carboxylic acids is 6. The summed E-state index contributed by atoms with van der Waals surface area (Å²) in [4.78, 5) is 116. The van der Waals surface area contributed by atoms with Crippen molar-refractivity contribution < 1.29 is 48.6 Å². The Bertz CT molecular complexity index is 1650. The summed E-state index contributed by atoms with van der Waals surface area (Å²) >= 11 is 0. The first-order chi connectivity index (χ1) is 31.1. The smallest absolute Gasteiger partial charge is 0.326 e. The zero-order valence-corrected chi connectivity index (χ0v) is 37.7. The number of unbranched alkanes of at least 4 members (excludes halogenated alkanes) is 2. The summed E-state index contributed by atoms with van der Waals surface area (Å²) in [7, 11) is 0. The first kappa shape index (κ1) is 59.4. The van der Waals surface area contributed by atoms with Gasteiger partial charge < -0.3 is 93.7 Å². The Hall–Kier alpha value is -6.55. The molecule has 0 aromatic heterocycles. The van der Waals surface area contributed by atoms with E-state index in [1.54, 1.807) is 0 Å². The van der Waals surface area contributed by atoms with Crippen molar-refractivity contribution in [3.8, 4) is 0 Å². The van der Waals surface area contributed by atoms with Crippen molar-refractivity contribution in [1.29, 1.82) is 0 Å². The van der Waals surface area contributed by atoms with Crippen LogP contribution in [0.15, 0.2) is 15.0 Å². The Labute approximate surface area is 383 Å². The van der Waals surface area contributed by atoms with Crippen LogP contribution in [0.1, 0.15) is 96.8 Å². The highest BCUT2D eigenvalue weighted by Gasteiger charge is 2.32. The van der Waals surface area contributed by atoms with Crippen molar-refractivity contribution in [1.82, 2.24) is 31.9 Å². The largest absolute Gasteiger partial charge is 0.481 e. The number of aliphatic imine (C=N–C) groups is 3. The minimum Gasteiger partial charge on any atom is -0.481 e. The van der Waals surface area contributed by atoms with Gasteiger partial charge in [-0.1, -0.05) is 0 Å². The molecule has 0 aliphatic heterocycles. The molecule has 0 spiro atoms. The molecular formula is C38H74N18O10. The van der Waals surface area contributed by atoms with Gasteiger partial charge in [0.2, 0.25) is 35.4 Å². The fourth-order valence-corrected chi connectivity index (χ4v) is 6.02. The lowest BCUT2D eigenvalue weighted by Crippen LogP contribution is -2.59. The number of hydrogen-bond donors (Lipinski definition) is 17. The fraction of sp³-hybridized carbons (Fsp3) is 0.711. The van der Waals surface area contributed by atoms with Crippen molar-refractivity contribution >= 4 is 65.3 Å². The zero-order chi connectivity index (χ0) is 50.2. The second-order valence-electron chi connectivity index (χ2n) is 15.3. The summed E-state index contributed by atoms with van der Waals surface area (Å²) in [6.45, 7) is 2.22. The lowest BCUT2D eigenvalue weighted by molar-refractivity contribution is -0.143. The average molecular weight is 943 g/mol. The second kappa shape index (κ2) is 33.9. The maximum absolute atomic E-state index is 13.8. The number of nitrogens with zero attached hydrogens (tertiary/aromatic N) is 3. The van der Waals surface area contributed by atoms with Gasteiger partial charge in [-0.25, -0.2) is 4.79 Å². The predicted molar refractivity (Wildman–Crippen MR) is 245 cm³/mol. The molecule has 66 heavy (non-hydrogen) atoms. The van der Waals surface area contributed by atoms with Gasteiger partial charge in [0, 0.05) is 26.1 Å². The molecule has 0 aliphatic rings. The number of carboxylic acids is 2. The van der Waals surface area contributed by atoms with Crippen molar-refractivity contribution in [2.45, 2.75) is 139 Å². The van der Waals surface area contributed by atoms with E-state index in [4.69, 9.17) is 56.7 Å². The van der Waals surface area contributed by atoms with E-state index in [9.17, 15) is 43.5 Å². The molecule has 0 rings (SSSR count). The Balaban J connectivity index is 6.39. The van der Waals surface area contributed by atoms with Gasteiger partial charge in [0.05, 0.1) is 6.04 Å². The van der Waals surface area contributed by atoms with E-state index in [0.717, 1.165) is 0 Å². The van der Waals surface area contributed by atoms with Gasteiger partial charge in [0.15, 0.2) is 17.9 Å². The maximum atomic E-state index is 13.8. The van der Waals surface area contributed by atoms with Crippen molar-refractivity contribution in [3.63, 3.8) is 0 Å². The van der Waals surface area contributed by atoms with Gasteiger partial charge in [0.25, 0.3) is 0 Å². The van der Waals surface area contributed by atoms with E-state index < -0.39 is 103 Å². The van der Waals surface area contributed by atoms with E-state index in [0.29, 0.717) is 38.6 Å². The summed E-state index contributed by atoms with van der Waals surface area (Å²) in [6.07, 6.45) is 1.67. The van der Waals surface area contributed by atoms with Gasteiger partial charge in [-0.3, -0.25) is 48.5 Å². The molecule has 0 aromatic rings. The number of nitrogens with two attached hydrogens (primary N) is 9. The second-order valence-corrected chi connectivity index (χ2v) is 15.3. The monoisotopic (exact) mass is 943 g/mol. The molecule has 0 aliphatic carbocycles. The van der Waals surface area contributed by atoms with Crippen LogP contribution in [0.2, 0.25) is 0 Å². The van der Waals surface area contributed by atoms with Crippen LogP contribution in [0.3, 0.4) is 0 Å². The number of aliphatic carboxylic acids is 2. The van der Waals surface area contributed by atoms with Crippen molar-refractivity contribution in [2.24, 2.45) is 66.6 Å². The van der Waals surface area contributed by atoms with E-state index in [2.05, 4.69) is 46.9 Å². The lowest BCUT2D eigenvalue weighted by atomic mass is 10.0. The van der Waals surface area contributed by atoms with Crippen LogP contribution < -0.4 is 83.5 Å². The lowest BCUT2D eigenvalue weighted by Gasteiger charge is -2.27. The summed E-state index contributed by atoms with van der Waals surface area (Å²) in [5.41, 5.74) is 49.8. The molecule has 376 valence electrons. The van der Waals surface area contributed by atoms with Crippen LogP contribution in [0.5, 0.6) is 0 Å². The number of rotatable bonds is 36. The Kier molecular flexibility index (Phi) is 30.5. The molecule has 0 saturated carbocycles. The van der Waals surface area contributed by atoms with Gasteiger partial charge in [-0.15, -0.1) is 0 Å². The summed E-state index contributed by atoms with van der Waals surface area (Å²) in [5, 5.41) is 33.8. The number of guanidine groups is 3. The Morgan fingerprint density at radius 2 is 0.773 bits per heavy atom. The molecule has 28 nitrogen and oxygen atoms in total. The zero-order valence-electron chi connectivity index (χ0n) is 37.7. The Morgan fingerprint density at radius 1 is 0.439 bits per heavy atom.